The van der Waals surface area contributed by atoms with E-state index in [2.05, 4.69) is 43.3 Å². The van der Waals surface area contributed by atoms with Gasteiger partial charge in [-0.3, -0.25) is 0 Å². The predicted octanol–water partition coefficient (Wildman–Crippen LogP) is 3.76. The summed E-state index contributed by atoms with van der Waals surface area (Å²) in [5.41, 5.74) is -0.111. The van der Waals surface area contributed by atoms with Gasteiger partial charge in [-0.15, -0.1) is 0 Å². The maximum atomic E-state index is 6.36. The second-order valence-electron chi connectivity index (χ2n) is 5.22. The molecule has 92 valence electrons. The molecule has 0 aliphatic carbocycles. The van der Waals surface area contributed by atoms with E-state index < -0.39 is 8.32 Å². The van der Waals surface area contributed by atoms with Crippen molar-refractivity contribution in [1.82, 2.24) is 0 Å². The first-order valence-electron chi connectivity index (χ1n) is 6.09. The number of hydrogen-bond acceptors (Lipinski definition) is 1. The van der Waals surface area contributed by atoms with E-state index in [1.165, 1.54) is 35.4 Å². The molecule has 0 saturated carbocycles. The molecular weight excluding hydrogens is 319 g/mol. The second-order valence-corrected chi connectivity index (χ2v) is 10.7. The van der Waals surface area contributed by atoms with E-state index in [0.29, 0.717) is 0 Å². The van der Waals surface area contributed by atoms with E-state index >= 15 is 0 Å². The molecule has 2 radical (unpaired) electrons. The summed E-state index contributed by atoms with van der Waals surface area (Å²) >= 11 is 1.18. The van der Waals surface area contributed by atoms with E-state index in [1.54, 1.807) is 0 Å². The van der Waals surface area contributed by atoms with E-state index in [4.69, 9.17) is 4.43 Å². The number of unbranched alkanes of at least 4 members (excludes halogenated alkanes) is 1. The summed E-state index contributed by atoms with van der Waals surface area (Å²) in [7, 11) is -1.51. The van der Waals surface area contributed by atoms with Crippen LogP contribution >= 0.6 is 0 Å². The van der Waals surface area contributed by atoms with Gasteiger partial charge in [0.15, 0.2) is 0 Å². The van der Waals surface area contributed by atoms with Gasteiger partial charge in [-0.1, -0.05) is 0 Å². The van der Waals surface area contributed by atoms with Gasteiger partial charge in [-0.05, 0) is 0 Å². The summed E-state index contributed by atoms with van der Waals surface area (Å²) in [5, 5.41) is 0. The SMILES string of the molecule is C=CC(CC=[CH][SnH])(CCCC)O[Si](C)(C)C. The zero-order valence-corrected chi connectivity index (χ0v) is 15.5. The van der Waals surface area contributed by atoms with E-state index in [-0.39, 0.29) is 5.60 Å². The van der Waals surface area contributed by atoms with Gasteiger partial charge in [-0.2, -0.15) is 0 Å². The van der Waals surface area contributed by atoms with Crippen molar-refractivity contribution >= 4 is 30.8 Å². The van der Waals surface area contributed by atoms with Crippen LogP contribution in [-0.4, -0.2) is 36.4 Å². The quantitative estimate of drug-likeness (QED) is 0.481. The molecule has 0 bridgehead atoms. The summed E-state index contributed by atoms with van der Waals surface area (Å²) in [5.74, 6) is 0. The molecule has 1 nitrogen and oxygen atoms in total. The first kappa shape index (κ1) is 16.5. The number of rotatable bonds is 8. The molecule has 0 spiro atoms. The van der Waals surface area contributed by atoms with Crippen molar-refractivity contribution in [2.75, 3.05) is 0 Å². The summed E-state index contributed by atoms with van der Waals surface area (Å²) in [6, 6.07) is 0. The fourth-order valence-corrected chi connectivity index (χ4v) is 3.65. The molecule has 0 N–H and O–H groups in total. The van der Waals surface area contributed by atoms with Crippen molar-refractivity contribution in [3.8, 4) is 0 Å². The Hall–Kier alpha value is 0.456. The average molecular weight is 345 g/mol. The zero-order chi connectivity index (χ0) is 12.7. The molecule has 1 unspecified atom stereocenters. The van der Waals surface area contributed by atoms with Gasteiger partial charge in [0.05, 0.1) is 0 Å². The molecule has 0 aliphatic heterocycles. The van der Waals surface area contributed by atoms with Crippen molar-refractivity contribution in [2.24, 2.45) is 0 Å². The molecule has 0 saturated heterocycles. The van der Waals surface area contributed by atoms with Gasteiger partial charge in [-0.25, -0.2) is 0 Å². The summed E-state index contributed by atoms with van der Waals surface area (Å²) in [6.45, 7) is 13.0. The minimum atomic E-state index is -1.51. The van der Waals surface area contributed by atoms with Gasteiger partial charge in [0.1, 0.15) is 0 Å². The van der Waals surface area contributed by atoms with Gasteiger partial charge in [0.2, 0.25) is 0 Å². The topological polar surface area (TPSA) is 9.23 Å². The minimum absolute atomic E-state index is 0.111. The van der Waals surface area contributed by atoms with Crippen LogP contribution in [0.5, 0.6) is 0 Å². The summed E-state index contributed by atoms with van der Waals surface area (Å²) in [4.78, 5) is 0. The van der Waals surface area contributed by atoms with Crippen LogP contribution in [-0.2, 0) is 4.43 Å². The van der Waals surface area contributed by atoms with Crippen LogP contribution in [0.1, 0.15) is 32.6 Å². The maximum absolute atomic E-state index is 6.36. The van der Waals surface area contributed by atoms with Gasteiger partial charge >= 0.3 is 116 Å². The molecule has 0 aromatic heterocycles. The zero-order valence-electron chi connectivity index (χ0n) is 11.3. The molecule has 0 heterocycles. The van der Waals surface area contributed by atoms with Crippen molar-refractivity contribution in [3.63, 3.8) is 0 Å². The Kier molecular flexibility index (Phi) is 7.94. The van der Waals surface area contributed by atoms with Gasteiger partial charge in [0, 0.05) is 0 Å². The van der Waals surface area contributed by atoms with Crippen molar-refractivity contribution < 1.29 is 4.43 Å². The Labute approximate surface area is 116 Å². The molecule has 0 fully saturated rings. The molecule has 0 aliphatic rings. The Bertz CT molecular complexity index is 233. The average Bonchev–Trinajstić information content (AvgIpc) is 2.20. The fraction of sp³-hybridized carbons (Fsp3) is 0.692. The third-order valence-electron chi connectivity index (χ3n) is 2.43. The van der Waals surface area contributed by atoms with Crippen LogP contribution in [0.4, 0.5) is 0 Å². The van der Waals surface area contributed by atoms with Crippen LogP contribution in [0, 0.1) is 0 Å². The normalized spacial score (nSPS) is 16.3. The molecule has 0 rings (SSSR count). The monoisotopic (exact) mass is 346 g/mol. The van der Waals surface area contributed by atoms with Gasteiger partial charge in [0.25, 0.3) is 0 Å². The van der Waals surface area contributed by atoms with Crippen molar-refractivity contribution in [1.29, 1.82) is 0 Å². The van der Waals surface area contributed by atoms with Crippen LogP contribution < -0.4 is 0 Å². The first-order valence-corrected chi connectivity index (χ1v) is 11.4. The first-order chi connectivity index (χ1) is 7.39. The Morgan fingerprint density at radius 3 is 2.38 bits per heavy atom. The van der Waals surface area contributed by atoms with Gasteiger partial charge < -0.3 is 0 Å². The molecule has 1 atom stereocenters. The van der Waals surface area contributed by atoms with E-state index in [9.17, 15) is 0 Å². The Balaban J connectivity index is 4.72. The molecule has 0 aromatic carbocycles. The van der Waals surface area contributed by atoms with Crippen LogP contribution in [0.15, 0.2) is 22.8 Å². The van der Waals surface area contributed by atoms with E-state index in [1.807, 2.05) is 6.08 Å². The van der Waals surface area contributed by atoms with Crippen molar-refractivity contribution in [2.45, 2.75) is 57.8 Å². The molecule has 3 heteroatoms. The van der Waals surface area contributed by atoms with Crippen LogP contribution in [0.3, 0.4) is 0 Å². The Morgan fingerprint density at radius 1 is 1.38 bits per heavy atom. The fourth-order valence-electron chi connectivity index (χ4n) is 1.78. The summed E-state index contributed by atoms with van der Waals surface area (Å²) < 4.78 is 8.59. The molecule has 16 heavy (non-hydrogen) atoms. The molecule has 0 amide bonds. The van der Waals surface area contributed by atoms with Crippen LogP contribution in [0.2, 0.25) is 19.6 Å². The third-order valence-corrected chi connectivity index (χ3v) is 4.23. The summed E-state index contributed by atoms with van der Waals surface area (Å²) in [6.07, 6.45) is 8.80. The Morgan fingerprint density at radius 2 is 2.00 bits per heavy atom. The third kappa shape index (κ3) is 6.91. The molecular formula is C13H26OSiSn. The van der Waals surface area contributed by atoms with E-state index in [0.717, 1.165) is 12.8 Å². The predicted molar refractivity (Wildman–Crippen MR) is 77.8 cm³/mol. The van der Waals surface area contributed by atoms with Crippen LogP contribution in [0.25, 0.3) is 0 Å². The standard InChI is InChI=1S/C13H25OSi.Sn.H/c1-7-10-12-13(9-3,11-8-2)14-15(4,5)6;;/h2,8-9H,3,7,10-12H2,1,4-6H3;;. The second kappa shape index (κ2) is 7.72. The number of hydrogen-bond donors (Lipinski definition) is 0. The molecule has 0 aromatic rings. The van der Waals surface area contributed by atoms with Crippen molar-refractivity contribution in [3.05, 3.63) is 22.8 Å².